The minimum absolute atomic E-state index is 0.267. The molecule has 94 valence electrons. The highest BCUT2D eigenvalue weighted by Crippen LogP contribution is 2.33. The van der Waals surface area contributed by atoms with Crippen LogP contribution in [0.15, 0.2) is 29.2 Å². The van der Waals surface area contributed by atoms with Gasteiger partial charge in [-0.25, -0.2) is 4.39 Å². The van der Waals surface area contributed by atoms with Crippen molar-refractivity contribution in [3.05, 3.63) is 40.6 Å². The van der Waals surface area contributed by atoms with E-state index in [1.165, 1.54) is 17.8 Å². The number of halogens is 1. The van der Waals surface area contributed by atoms with Gasteiger partial charge in [0.15, 0.2) is 0 Å². The summed E-state index contributed by atoms with van der Waals surface area (Å²) in [7, 11) is 0. The molecule has 0 bridgehead atoms. The number of nitrogens with zero attached hydrogens (tertiary/aromatic N) is 1. The van der Waals surface area contributed by atoms with Gasteiger partial charge < -0.3 is 10.6 Å². The van der Waals surface area contributed by atoms with Crippen molar-refractivity contribution in [2.24, 2.45) is 5.73 Å². The Labute approximate surface area is 120 Å². The van der Waals surface area contributed by atoms with Crippen molar-refractivity contribution in [1.29, 1.82) is 0 Å². The summed E-state index contributed by atoms with van der Waals surface area (Å²) in [6.45, 7) is 1.08. The molecule has 1 aliphatic rings. The minimum atomic E-state index is -0.267. The Bertz CT molecular complexity index is 528. The van der Waals surface area contributed by atoms with Crippen LogP contribution in [-0.4, -0.2) is 27.3 Å². The van der Waals surface area contributed by atoms with Crippen molar-refractivity contribution in [3.63, 3.8) is 0 Å². The Morgan fingerprint density at radius 1 is 1.33 bits per heavy atom. The zero-order chi connectivity index (χ0) is 13.1. The molecule has 2 rings (SSSR count). The van der Waals surface area contributed by atoms with E-state index in [0.29, 0.717) is 28.0 Å². The molecule has 1 fully saturated rings. The topological polar surface area (TPSA) is 29.3 Å². The molecule has 1 aromatic rings. The number of thioether (sulfide) groups is 1. The molecule has 18 heavy (non-hydrogen) atoms. The second-order valence-electron chi connectivity index (χ2n) is 3.64. The van der Waals surface area contributed by atoms with Gasteiger partial charge in [-0.05, 0) is 12.1 Å². The van der Waals surface area contributed by atoms with Crippen LogP contribution in [0.3, 0.4) is 0 Å². The molecule has 0 saturated carbocycles. The number of rotatable bonds is 3. The molecule has 2 nitrogen and oxygen atoms in total. The summed E-state index contributed by atoms with van der Waals surface area (Å²) in [6.07, 6.45) is 1.73. The van der Waals surface area contributed by atoms with E-state index in [4.69, 9.17) is 30.2 Å². The van der Waals surface area contributed by atoms with E-state index >= 15 is 0 Å². The van der Waals surface area contributed by atoms with Gasteiger partial charge in [-0.3, -0.25) is 0 Å². The summed E-state index contributed by atoms with van der Waals surface area (Å²) in [6, 6.07) is 6.57. The maximum Gasteiger partial charge on any atom is 0.146 e. The highest BCUT2D eigenvalue weighted by atomic mass is 32.2. The monoisotopic (exact) mass is 298 g/mol. The van der Waals surface area contributed by atoms with Crippen LogP contribution >= 0.6 is 36.2 Å². The molecule has 1 aromatic carbocycles. The van der Waals surface area contributed by atoms with Gasteiger partial charge >= 0.3 is 0 Å². The van der Waals surface area contributed by atoms with Crippen molar-refractivity contribution in [1.82, 2.24) is 4.90 Å². The normalized spacial score (nSPS) is 17.9. The average Bonchev–Trinajstić information content (AvgIpc) is 2.60. The lowest BCUT2D eigenvalue weighted by Crippen LogP contribution is -2.31. The number of nitrogens with two attached hydrogens (primary N) is 1. The molecule has 6 heteroatoms. The number of hydrogen-bond donors (Lipinski definition) is 1. The van der Waals surface area contributed by atoms with E-state index in [1.807, 2.05) is 4.90 Å². The SMILES string of the molecule is NCCN1C(=S)SC(=Cc2ccccc2F)C1=S. The number of hydrogen-bond acceptors (Lipinski definition) is 4. The van der Waals surface area contributed by atoms with Crippen LogP contribution in [0.1, 0.15) is 5.56 Å². The van der Waals surface area contributed by atoms with Crippen molar-refractivity contribution in [2.45, 2.75) is 0 Å². The van der Waals surface area contributed by atoms with Crippen molar-refractivity contribution in [3.8, 4) is 0 Å². The van der Waals surface area contributed by atoms with Crippen molar-refractivity contribution in [2.75, 3.05) is 13.1 Å². The van der Waals surface area contributed by atoms with Crippen molar-refractivity contribution < 1.29 is 4.39 Å². The van der Waals surface area contributed by atoms with Gasteiger partial charge in [0.1, 0.15) is 15.1 Å². The molecule has 0 amide bonds. The molecular formula is C12H11FN2S3. The first-order chi connectivity index (χ1) is 8.63. The Morgan fingerprint density at radius 3 is 2.72 bits per heavy atom. The van der Waals surface area contributed by atoms with E-state index in [9.17, 15) is 4.39 Å². The van der Waals surface area contributed by atoms with Gasteiger partial charge in [-0.15, -0.1) is 0 Å². The van der Waals surface area contributed by atoms with Gasteiger partial charge in [0.2, 0.25) is 0 Å². The van der Waals surface area contributed by atoms with Crippen LogP contribution in [-0.2, 0) is 0 Å². The van der Waals surface area contributed by atoms with Crippen LogP contribution in [0.2, 0.25) is 0 Å². The van der Waals surface area contributed by atoms with Crippen LogP contribution in [0, 0.1) is 5.82 Å². The van der Waals surface area contributed by atoms with Gasteiger partial charge in [0.25, 0.3) is 0 Å². The van der Waals surface area contributed by atoms with E-state index < -0.39 is 0 Å². The number of thiocarbonyl (C=S) groups is 2. The van der Waals surface area contributed by atoms with Crippen LogP contribution < -0.4 is 5.73 Å². The summed E-state index contributed by atoms with van der Waals surface area (Å²) >= 11 is 11.9. The predicted octanol–water partition coefficient (Wildman–Crippen LogP) is 2.79. The fraction of sp³-hybridized carbons (Fsp3) is 0.167. The van der Waals surface area contributed by atoms with Crippen LogP contribution in [0.5, 0.6) is 0 Å². The Morgan fingerprint density at radius 2 is 2.06 bits per heavy atom. The predicted molar refractivity (Wildman–Crippen MR) is 82.9 cm³/mol. The second kappa shape index (κ2) is 5.88. The first kappa shape index (κ1) is 13.6. The molecule has 0 unspecified atom stereocenters. The lowest BCUT2D eigenvalue weighted by molar-refractivity contribution is 0.625. The van der Waals surface area contributed by atoms with Gasteiger partial charge in [0.05, 0.1) is 4.91 Å². The van der Waals surface area contributed by atoms with E-state index in [2.05, 4.69) is 0 Å². The van der Waals surface area contributed by atoms with E-state index in [1.54, 1.807) is 24.3 Å². The second-order valence-corrected chi connectivity index (χ2v) is 5.71. The standard InChI is InChI=1S/C12H11FN2S3/c13-9-4-2-1-3-8(9)7-10-11(16)15(6-5-14)12(17)18-10/h1-4,7H,5-6,14H2. The fourth-order valence-electron chi connectivity index (χ4n) is 1.56. The average molecular weight is 298 g/mol. The van der Waals surface area contributed by atoms with Crippen molar-refractivity contribution >= 4 is 51.6 Å². The molecule has 0 radical (unpaired) electrons. The Balaban J connectivity index is 2.28. The summed E-state index contributed by atoms with van der Waals surface area (Å²) < 4.78 is 14.2. The molecular weight excluding hydrogens is 287 g/mol. The Hall–Kier alpha value is -0.820. The largest absolute Gasteiger partial charge is 0.329 e. The van der Waals surface area contributed by atoms with E-state index in [-0.39, 0.29) is 5.82 Å². The lowest BCUT2D eigenvalue weighted by Gasteiger charge is -2.14. The van der Waals surface area contributed by atoms with Crippen LogP contribution in [0.25, 0.3) is 6.08 Å². The molecule has 1 heterocycles. The maximum atomic E-state index is 13.5. The zero-order valence-electron chi connectivity index (χ0n) is 9.43. The summed E-state index contributed by atoms with van der Waals surface area (Å²) in [5.41, 5.74) is 6.02. The first-order valence-corrected chi connectivity index (χ1v) is 6.96. The van der Waals surface area contributed by atoms with Crippen LogP contribution in [0.4, 0.5) is 4.39 Å². The lowest BCUT2D eigenvalue weighted by atomic mass is 10.2. The third kappa shape index (κ3) is 2.77. The third-order valence-electron chi connectivity index (χ3n) is 2.42. The summed E-state index contributed by atoms with van der Waals surface area (Å²) in [5.74, 6) is -0.267. The molecule has 1 aliphatic heterocycles. The summed E-state index contributed by atoms with van der Waals surface area (Å²) in [4.78, 5) is 3.23. The molecule has 1 saturated heterocycles. The molecule has 0 atom stereocenters. The van der Waals surface area contributed by atoms with E-state index in [0.717, 1.165) is 4.91 Å². The zero-order valence-corrected chi connectivity index (χ0v) is 11.9. The van der Waals surface area contributed by atoms with Gasteiger partial charge in [-0.1, -0.05) is 54.4 Å². The minimum Gasteiger partial charge on any atom is -0.329 e. The highest BCUT2D eigenvalue weighted by Gasteiger charge is 2.27. The summed E-state index contributed by atoms with van der Waals surface area (Å²) in [5, 5.41) is 0. The third-order valence-corrected chi connectivity index (χ3v) is 4.38. The first-order valence-electron chi connectivity index (χ1n) is 5.33. The Kier molecular flexibility index (Phi) is 4.45. The molecule has 0 aromatic heterocycles. The quantitative estimate of drug-likeness (QED) is 0.684. The highest BCUT2D eigenvalue weighted by molar-refractivity contribution is 8.27. The molecule has 0 spiro atoms. The smallest absolute Gasteiger partial charge is 0.146 e. The number of benzene rings is 1. The molecule has 2 N–H and O–H groups in total. The molecule has 0 aliphatic carbocycles. The fourth-order valence-corrected chi connectivity index (χ4v) is 3.35. The van der Waals surface area contributed by atoms with Gasteiger partial charge in [-0.2, -0.15) is 0 Å². The van der Waals surface area contributed by atoms with Gasteiger partial charge in [0, 0.05) is 18.7 Å². The maximum absolute atomic E-state index is 13.5.